The van der Waals surface area contributed by atoms with Crippen LogP contribution in [0.1, 0.15) is 23.4 Å². The van der Waals surface area contributed by atoms with Crippen LogP contribution in [0.5, 0.6) is 5.75 Å². The maximum Gasteiger partial charge on any atom is 0.178 e. The lowest BCUT2D eigenvalue weighted by molar-refractivity contribution is 0.313. The van der Waals surface area contributed by atoms with Gasteiger partial charge in [-0.25, -0.2) is 8.42 Å². The smallest absolute Gasteiger partial charge is 0.178 e. The Labute approximate surface area is 131 Å². The standard InChI is InChI=1S/C16H22N2O3S/c1-12-7-5-8-15(11-12)22(19,20)10-6-9-21-16-13(2)17-18(4)14(16)3/h5,7-8,11H,6,9-10H2,1-4H3. The summed E-state index contributed by atoms with van der Waals surface area (Å²) >= 11 is 0. The fourth-order valence-corrected chi connectivity index (χ4v) is 3.70. The third kappa shape index (κ3) is 3.68. The minimum Gasteiger partial charge on any atom is -0.490 e. The lowest BCUT2D eigenvalue weighted by Crippen LogP contribution is -2.11. The van der Waals surface area contributed by atoms with Crippen LogP contribution in [-0.4, -0.2) is 30.6 Å². The van der Waals surface area contributed by atoms with Crippen molar-refractivity contribution in [3.8, 4) is 5.75 Å². The number of rotatable bonds is 6. The average Bonchev–Trinajstić information content (AvgIpc) is 2.69. The van der Waals surface area contributed by atoms with Crippen LogP contribution in [0.3, 0.4) is 0 Å². The molecule has 0 spiro atoms. The highest BCUT2D eigenvalue weighted by molar-refractivity contribution is 7.91. The van der Waals surface area contributed by atoms with E-state index in [-0.39, 0.29) is 5.75 Å². The van der Waals surface area contributed by atoms with Crippen molar-refractivity contribution in [1.29, 1.82) is 0 Å². The van der Waals surface area contributed by atoms with Gasteiger partial charge in [0.25, 0.3) is 0 Å². The average molecular weight is 322 g/mol. The number of aryl methyl sites for hydroxylation is 3. The van der Waals surface area contributed by atoms with Crippen molar-refractivity contribution in [2.45, 2.75) is 32.1 Å². The lowest BCUT2D eigenvalue weighted by atomic mass is 10.2. The summed E-state index contributed by atoms with van der Waals surface area (Å²) in [5, 5.41) is 4.27. The second-order valence-corrected chi connectivity index (χ2v) is 7.57. The van der Waals surface area contributed by atoms with Crippen LogP contribution in [0.15, 0.2) is 29.2 Å². The summed E-state index contributed by atoms with van der Waals surface area (Å²) in [6.45, 7) is 6.05. The third-order valence-electron chi connectivity index (χ3n) is 3.60. The van der Waals surface area contributed by atoms with E-state index in [1.807, 2.05) is 33.9 Å². The van der Waals surface area contributed by atoms with Gasteiger partial charge in [0.15, 0.2) is 15.6 Å². The maximum atomic E-state index is 12.3. The first kappa shape index (κ1) is 16.5. The Kier molecular flexibility index (Phi) is 4.90. The van der Waals surface area contributed by atoms with Gasteiger partial charge in [-0.05, 0) is 44.9 Å². The number of nitrogens with zero attached hydrogens (tertiary/aromatic N) is 2. The van der Waals surface area contributed by atoms with Gasteiger partial charge in [-0.15, -0.1) is 0 Å². The molecule has 0 amide bonds. The minimum atomic E-state index is -3.25. The molecule has 0 radical (unpaired) electrons. The van der Waals surface area contributed by atoms with Gasteiger partial charge in [0.05, 0.1) is 22.9 Å². The molecule has 0 N–H and O–H groups in total. The van der Waals surface area contributed by atoms with E-state index in [2.05, 4.69) is 5.10 Å². The van der Waals surface area contributed by atoms with E-state index in [4.69, 9.17) is 4.74 Å². The lowest BCUT2D eigenvalue weighted by Gasteiger charge is -2.08. The normalized spacial score (nSPS) is 11.6. The second-order valence-electron chi connectivity index (χ2n) is 5.46. The van der Waals surface area contributed by atoms with E-state index in [0.29, 0.717) is 17.9 Å². The predicted molar refractivity (Wildman–Crippen MR) is 86.0 cm³/mol. The van der Waals surface area contributed by atoms with Crippen LogP contribution in [0.4, 0.5) is 0 Å². The van der Waals surface area contributed by atoms with Crippen molar-refractivity contribution in [3.05, 3.63) is 41.2 Å². The Bertz CT molecular complexity index is 764. The van der Waals surface area contributed by atoms with Gasteiger partial charge in [0, 0.05) is 7.05 Å². The number of hydrogen-bond donors (Lipinski definition) is 0. The SMILES string of the molecule is Cc1cccc(S(=O)(=O)CCCOc2c(C)nn(C)c2C)c1. The third-order valence-corrected chi connectivity index (χ3v) is 5.39. The highest BCUT2D eigenvalue weighted by Crippen LogP contribution is 2.21. The minimum absolute atomic E-state index is 0.0782. The van der Waals surface area contributed by atoms with Crippen LogP contribution in [-0.2, 0) is 16.9 Å². The summed E-state index contributed by atoms with van der Waals surface area (Å²) < 4.78 is 32.0. The summed E-state index contributed by atoms with van der Waals surface area (Å²) in [7, 11) is -1.39. The Morgan fingerprint density at radius 2 is 1.95 bits per heavy atom. The van der Waals surface area contributed by atoms with Gasteiger partial charge in [-0.1, -0.05) is 12.1 Å². The number of ether oxygens (including phenoxy) is 1. The number of benzene rings is 1. The molecule has 1 aromatic carbocycles. The van der Waals surface area contributed by atoms with Crippen LogP contribution in [0.2, 0.25) is 0 Å². The molecule has 0 unspecified atom stereocenters. The monoisotopic (exact) mass is 322 g/mol. The molecule has 120 valence electrons. The molecule has 0 aliphatic carbocycles. The van der Waals surface area contributed by atoms with Crippen molar-refractivity contribution >= 4 is 9.84 Å². The molecule has 0 aliphatic rings. The molecule has 22 heavy (non-hydrogen) atoms. The Hall–Kier alpha value is -1.82. The first-order valence-electron chi connectivity index (χ1n) is 7.23. The molecule has 2 aromatic rings. The van der Waals surface area contributed by atoms with Crippen molar-refractivity contribution in [1.82, 2.24) is 9.78 Å². The van der Waals surface area contributed by atoms with E-state index in [9.17, 15) is 8.42 Å². The number of sulfone groups is 1. The Morgan fingerprint density at radius 1 is 1.23 bits per heavy atom. The maximum absolute atomic E-state index is 12.3. The number of aromatic nitrogens is 2. The highest BCUT2D eigenvalue weighted by Gasteiger charge is 2.15. The highest BCUT2D eigenvalue weighted by atomic mass is 32.2. The van der Waals surface area contributed by atoms with Crippen molar-refractivity contribution in [2.75, 3.05) is 12.4 Å². The van der Waals surface area contributed by atoms with Crippen molar-refractivity contribution in [2.24, 2.45) is 7.05 Å². The van der Waals surface area contributed by atoms with Crippen LogP contribution < -0.4 is 4.74 Å². The quantitative estimate of drug-likeness (QED) is 0.767. The molecule has 0 saturated heterocycles. The van der Waals surface area contributed by atoms with Crippen molar-refractivity contribution < 1.29 is 13.2 Å². The first-order valence-corrected chi connectivity index (χ1v) is 8.89. The van der Waals surface area contributed by atoms with Gasteiger partial charge in [-0.2, -0.15) is 5.10 Å². The molecule has 0 fully saturated rings. The summed E-state index contributed by atoms with van der Waals surface area (Å²) in [5.41, 5.74) is 2.71. The number of hydrogen-bond acceptors (Lipinski definition) is 4. The second kappa shape index (κ2) is 6.52. The van der Waals surface area contributed by atoms with Gasteiger partial charge < -0.3 is 4.74 Å². The molecule has 0 bridgehead atoms. The predicted octanol–water partition coefficient (Wildman–Crippen LogP) is 2.59. The summed E-state index contributed by atoms with van der Waals surface area (Å²) in [4.78, 5) is 0.376. The molecular formula is C16H22N2O3S. The first-order chi connectivity index (χ1) is 10.3. The zero-order valence-corrected chi connectivity index (χ0v) is 14.3. The van der Waals surface area contributed by atoms with Gasteiger partial charge in [0.2, 0.25) is 0 Å². The molecule has 1 heterocycles. The molecule has 5 nitrogen and oxygen atoms in total. The van der Waals surface area contributed by atoms with Crippen molar-refractivity contribution in [3.63, 3.8) is 0 Å². The van der Waals surface area contributed by atoms with Gasteiger partial charge in [0.1, 0.15) is 5.69 Å². The zero-order chi connectivity index (χ0) is 16.3. The Balaban J connectivity index is 1.93. The van der Waals surface area contributed by atoms with E-state index >= 15 is 0 Å². The van der Waals surface area contributed by atoms with Gasteiger partial charge >= 0.3 is 0 Å². The molecule has 2 rings (SSSR count). The van der Waals surface area contributed by atoms with E-state index in [1.165, 1.54) is 0 Å². The Morgan fingerprint density at radius 3 is 2.55 bits per heavy atom. The van der Waals surface area contributed by atoms with E-state index in [1.54, 1.807) is 22.9 Å². The molecular weight excluding hydrogens is 300 g/mol. The summed E-state index contributed by atoms with van der Waals surface area (Å²) in [6.07, 6.45) is 0.448. The van der Waals surface area contributed by atoms with E-state index in [0.717, 1.165) is 22.7 Å². The molecule has 1 aromatic heterocycles. The fraction of sp³-hybridized carbons (Fsp3) is 0.438. The van der Waals surface area contributed by atoms with Crippen LogP contribution in [0.25, 0.3) is 0 Å². The largest absolute Gasteiger partial charge is 0.490 e. The topological polar surface area (TPSA) is 61.2 Å². The zero-order valence-electron chi connectivity index (χ0n) is 13.5. The summed E-state index contributed by atoms with van der Waals surface area (Å²) in [6, 6.07) is 6.99. The summed E-state index contributed by atoms with van der Waals surface area (Å²) in [5.74, 6) is 0.824. The fourth-order valence-electron chi connectivity index (χ4n) is 2.31. The molecule has 6 heteroatoms. The van der Waals surface area contributed by atoms with Crippen LogP contribution in [0, 0.1) is 20.8 Å². The van der Waals surface area contributed by atoms with E-state index < -0.39 is 9.84 Å². The van der Waals surface area contributed by atoms with Crippen LogP contribution >= 0.6 is 0 Å². The molecule has 0 atom stereocenters. The molecule has 0 saturated carbocycles. The van der Waals surface area contributed by atoms with Gasteiger partial charge in [-0.3, -0.25) is 4.68 Å². The molecule has 0 aliphatic heterocycles.